The fourth-order valence-electron chi connectivity index (χ4n) is 12.7. The van der Waals surface area contributed by atoms with Crippen molar-refractivity contribution in [1.82, 2.24) is 5.32 Å². The molecule has 0 aromatic heterocycles. The normalized spacial score (nSPS) is 13.0. The molecule has 1 saturated heterocycles. The number of nitrogens with zero attached hydrogens (tertiary/aromatic N) is 2. The Labute approximate surface area is 721 Å². The van der Waals surface area contributed by atoms with Crippen LogP contribution in [0.3, 0.4) is 0 Å². The number of Topliss-reactive ketones (excluding diaryl/α,β-unsaturated/α-hetero) is 1. The summed E-state index contributed by atoms with van der Waals surface area (Å²) in [5, 5.41) is 11.9. The molecule has 0 aliphatic carbocycles. The highest BCUT2D eigenvalue weighted by Crippen LogP contribution is 2.31. The summed E-state index contributed by atoms with van der Waals surface area (Å²) in [5.41, 5.74) is 10.7. The first-order valence-electron chi connectivity index (χ1n) is 38.8. The van der Waals surface area contributed by atoms with E-state index in [4.69, 9.17) is 30.5 Å². The summed E-state index contributed by atoms with van der Waals surface area (Å²) in [6.45, 7) is 27.2. The molecule has 0 spiro atoms. The molecule has 0 saturated carbocycles. The number of esters is 2. The van der Waals surface area contributed by atoms with Crippen LogP contribution >= 0.6 is 0 Å². The van der Waals surface area contributed by atoms with Crippen LogP contribution in [0.5, 0.6) is 0 Å². The number of halogens is 2. The van der Waals surface area contributed by atoms with Crippen molar-refractivity contribution >= 4 is 48.0 Å². The zero-order valence-electron chi connectivity index (χ0n) is 64.7. The first-order chi connectivity index (χ1) is 44.9. The molecule has 1 aliphatic heterocycles. The average Bonchev–Trinajstić information content (AvgIpc) is 1.69. The summed E-state index contributed by atoms with van der Waals surface area (Å²) in [4.78, 5) is 88.1. The number of nitrogens with two attached hydrogens (primary N) is 2. The van der Waals surface area contributed by atoms with Gasteiger partial charge in [-0.1, -0.05) is 374 Å². The SMILES string of the molecule is C.C.C.C.C.C.C.C.C.C.C.C.C.C.C.C.CCC1C[N+](C)(C)CC1CC.CCCCCCCCCCCCCCCCCCOC(=O)CCC(CC(CC)C(N)=O)C(=O)NC(O)C(C)=O.CCCCCCCCCCCCCCCCCCOC(=O)CCC(CC)C(N)=O.CCC[N+](C)(C)CC(C)CC.O=CC=O.[Cl-].[Cl-]. The third kappa shape index (κ3) is 113. The number of ether oxygens (including phenoxy) is 2. The van der Waals surface area contributed by atoms with Gasteiger partial charge >= 0.3 is 11.9 Å². The predicted octanol–water partition coefficient (Wildman–Crippen LogP) is 21.4. The van der Waals surface area contributed by atoms with Crippen LogP contribution in [0, 0.1) is 35.5 Å². The molecule has 3 amide bonds. The van der Waals surface area contributed by atoms with E-state index >= 15 is 0 Å². The first-order valence-corrected chi connectivity index (χ1v) is 38.8. The Kier molecular flexibility index (Phi) is 178. The van der Waals surface area contributed by atoms with Crippen molar-refractivity contribution in [2.45, 2.75) is 470 Å². The van der Waals surface area contributed by atoms with E-state index in [0.717, 1.165) is 56.8 Å². The maximum atomic E-state index is 12.5. The number of unbranched alkanes of at least 4 members (excludes halogenated alkanes) is 30. The van der Waals surface area contributed by atoms with Gasteiger partial charge in [-0.2, -0.15) is 0 Å². The molecule has 6 N–H and O–H groups in total. The maximum absolute atomic E-state index is 12.5. The lowest BCUT2D eigenvalue weighted by Gasteiger charge is -2.31. The Balaban J connectivity index is -0.0000000492. The minimum Gasteiger partial charge on any atom is -1.00 e. The van der Waals surface area contributed by atoms with Crippen LogP contribution in [0.2, 0.25) is 0 Å². The van der Waals surface area contributed by atoms with Crippen molar-refractivity contribution in [3.63, 3.8) is 0 Å². The van der Waals surface area contributed by atoms with E-state index in [1.54, 1.807) is 6.92 Å². The summed E-state index contributed by atoms with van der Waals surface area (Å²) in [6.07, 6.45) is 48.3. The van der Waals surface area contributed by atoms with E-state index in [-0.39, 0.29) is 193 Å². The van der Waals surface area contributed by atoms with Gasteiger partial charge in [0.25, 0.3) is 0 Å². The van der Waals surface area contributed by atoms with Crippen molar-refractivity contribution in [2.24, 2.45) is 47.0 Å². The highest BCUT2D eigenvalue weighted by atomic mass is 35.5. The second kappa shape index (κ2) is 119. The molecule has 0 aromatic rings. The molecule has 0 radical (unpaired) electrons. The molecule has 7 unspecified atom stereocenters. The molecule has 1 rings (SSSR count). The number of hydrogen-bond acceptors (Lipinski definition) is 11. The minimum absolute atomic E-state index is 0. The second-order valence-electron chi connectivity index (χ2n) is 28.9. The van der Waals surface area contributed by atoms with Crippen LogP contribution in [-0.2, 0) is 47.8 Å². The van der Waals surface area contributed by atoms with Crippen LogP contribution in [-0.4, -0.2) is 136 Å². The lowest BCUT2D eigenvalue weighted by atomic mass is 9.88. The van der Waals surface area contributed by atoms with Gasteiger partial charge in [0.15, 0.2) is 24.6 Å². The van der Waals surface area contributed by atoms with E-state index < -0.39 is 41.6 Å². The van der Waals surface area contributed by atoms with Gasteiger partial charge in [-0.05, 0) is 77.6 Å². The lowest BCUT2D eigenvalue weighted by molar-refractivity contribution is -0.893. The standard InChI is InChI=1S/C31H58N2O6.C25H49NO3.C10H22N.C10H24N.C2H2O2.16CH4.2ClH/c1-4-6-7-8-9-10-11-12-13-14-15-16-17-18-19-20-23-39-28(35)22-21-27(24-26(5-2)29(32)36)31(38)33-30(37)25(3)34;1-3-5-6-7-8-9-10-11-12-13-14-15-16-17-18-19-22-29-24(27)21-20-23(4-2)25(26)28;1-5-9-7-11(3,4)8-10(9)6-2;1-6-8-11(4,5)9-10(3)7-2;3-1-2-4;;;;;;;;;;;;;;;;;;/h26-27,30,37H,4-24H2,1-3H3,(H2,32,36)(H,33,38);23H,3-22H2,1-2H3,(H2,26,28);9-10H,5-8H2,1-4H3;10H,6-9H2,1-5H3;1-2H;16*1H4;2*1H/q;;2*+1;;;;;;;;;;;;;;;;;;;/p-2. The summed E-state index contributed by atoms with van der Waals surface area (Å²) in [6, 6.07) is 0. The second-order valence-corrected chi connectivity index (χ2v) is 28.9. The van der Waals surface area contributed by atoms with Gasteiger partial charge in [0.05, 0.1) is 67.6 Å². The molecule has 700 valence electrons. The molecule has 0 bridgehead atoms. The number of quaternary nitrogens is 2. The van der Waals surface area contributed by atoms with Crippen molar-refractivity contribution in [1.29, 1.82) is 0 Å². The van der Waals surface area contributed by atoms with E-state index in [9.17, 15) is 33.9 Å². The maximum Gasteiger partial charge on any atom is 0.305 e. The molecule has 0 aromatic carbocycles. The molecule has 112 heavy (non-hydrogen) atoms. The van der Waals surface area contributed by atoms with Crippen LogP contribution in [0.15, 0.2) is 0 Å². The highest BCUT2D eigenvalue weighted by molar-refractivity contribution is 6.09. The zero-order chi connectivity index (χ0) is 71.7. The topological polar surface area (TPSA) is 239 Å². The molecule has 1 fully saturated rings. The summed E-state index contributed by atoms with van der Waals surface area (Å²) >= 11 is 0. The van der Waals surface area contributed by atoms with Crippen molar-refractivity contribution in [3.05, 3.63) is 0 Å². The summed E-state index contributed by atoms with van der Waals surface area (Å²) in [7, 11) is 9.38. The van der Waals surface area contributed by atoms with E-state index in [1.807, 2.05) is 6.92 Å². The Hall–Kier alpha value is -3.18. The van der Waals surface area contributed by atoms with Crippen LogP contribution < -0.4 is 41.6 Å². The molecule has 18 heteroatoms. The van der Waals surface area contributed by atoms with Gasteiger partial charge in [-0.15, -0.1) is 0 Å². The third-order valence-corrected chi connectivity index (χ3v) is 18.9. The Morgan fingerprint density at radius 2 is 0.705 bits per heavy atom. The smallest absolute Gasteiger partial charge is 0.305 e. The number of likely N-dealkylation sites (tertiary alicyclic amines) is 1. The monoisotopic (exact) mass is 1660 g/mol. The van der Waals surface area contributed by atoms with Gasteiger partial charge in [0.2, 0.25) is 17.7 Å². The number of carbonyl (C=O) groups is 8. The number of aldehydes is 2. The van der Waals surface area contributed by atoms with E-state index in [0.29, 0.717) is 38.9 Å². The van der Waals surface area contributed by atoms with Gasteiger partial charge in [-0.25, -0.2) is 0 Å². The lowest BCUT2D eigenvalue weighted by Crippen LogP contribution is -3.00. The molecule has 1 heterocycles. The van der Waals surface area contributed by atoms with E-state index in [2.05, 4.69) is 82.0 Å². The molecule has 7 atom stereocenters. The van der Waals surface area contributed by atoms with Crippen LogP contribution in [0.4, 0.5) is 0 Å². The van der Waals surface area contributed by atoms with Crippen LogP contribution in [0.25, 0.3) is 0 Å². The molecular formula is C94H219Cl2N5O11. The first kappa shape index (κ1) is 168. The zero-order valence-corrected chi connectivity index (χ0v) is 66.2. The van der Waals surface area contributed by atoms with Crippen LogP contribution in [0.1, 0.15) is 464 Å². The number of aliphatic hydroxyl groups is 1. The number of rotatable bonds is 57. The van der Waals surface area contributed by atoms with Gasteiger partial charge in [0.1, 0.15) is 0 Å². The number of amides is 3. The molecular weight excluding hydrogens is 1450 g/mol. The number of hydrogen-bond donors (Lipinski definition) is 4. The molecule has 1 aliphatic rings. The quantitative estimate of drug-likeness (QED) is 0.0111. The summed E-state index contributed by atoms with van der Waals surface area (Å²) in [5.74, 6) is -1.23. The Morgan fingerprint density at radius 3 is 0.929 bits per heavy atom. The Bertz CT molecular complexity index is 1810. The predicted molar refractivity (Wildman–Crippen MR) is 499 cm³/mol. The minimum atomic E-state index is -1.62. The van der Waals surface area contributed by atoms with Gasteiger partial charge in [0, 0.05) is 48.3 Å². The number of primary amides is 2. The third-order valence-electron chi connectivity index (χ3n) is 18.9. The number of nitrogens with one attached hydrogen (secondary N) is 1. The Morgan fingerprint density at radius 1 is 0.438 bits per heavy atom. The van der Waals surface area contributed by atoms with Crippen molar-refractivity contribution in [2.75, 3.05) is 67.6 Å². The number of ketones is 1. The molecule has 16 nitrogen and oxygen atoms in total. The van der Waals surface area contributed by atoms with Gasteiger partial charge in [-0.3, -0.25) is 38.4 Å². The largest absolute Gasteiger partial charge is 1.00 e. The van der Waals surface area contributed by atoms with Crippen molar-refractivity contribution in [3.8, 4) is 0 Å². The fraction of sp³-hybridized carbons (Fsp3) is 0.915. The number of aliphatic hydroxyl groups excluding tert-OH is 1. The summed E-state index contributed by atoms with van der Waals surface area (Å²) < 4.78 is 13.0. The van der Waals surface area contributed by atoms with Gasteiger partial charge < -0.3 is 65.1 Å². The fourth-order valence-corrected chi connectivity index (χ4v) is 12.7. The highest BCUT2D eigenvalue weighted by Gasteiger charge is 2.37. The average molecular weight is 1670 g/mol. The van der Waals surface area contributed by atoms with Crippen molar-refractivity contribution < 1.29 is 86.7 Å². The van der Waals surface area contributed by atoms with E-state index in [1.165, 1.54) is 234 Å². The number of carbonyl (C=O) groups excluding carboxylic acids is 8.